The molecule has 21 heavy (non-hydrogen) atoms. The second kappa shape index (κ2) is 8.80. The van der Waals surface area contributed by atoms with Crippen molar-refractivity contribution in [3.8, 4) is 0 Å². The van der Waals surface area contributed by atoms with Gasteiger partial charge in [0.05, 0.1) is 6.04 Å². The van der Waals surface area contributed by atoms with E-state index in [1.807, 2.05) is 37.8 Å². The van der Waals surface area contributed by atoms with E-state index in [0.717, 1.165) is 31.7 Å². The fourth-order valence-electron chi connectivity index (χ4n) is 2.61. The van der Waals surface area contributed by atoms with Crippen molar-refractivity contribution >= 4 is 5.91 Å². The highest BCUT2D eigenvalue weighted by Crippen LogP contribution is 2.14. The zero-order valence-electron chi connectivity index (χ0n) is 13.8. The lowest BCUT2D eigenvalue weighted by molar-refractivity contribution is -0.136. The number of likely N-dealkylation sites (N-methyl/N-ethyl adjacent to an activating group) is 2. The number of carbonyl (C=O) groups excluding carboxylic acids is 1. The highest BCUT2D eigenvalue weighted by Gasteiger charge is 2.24. The zero-order valence-corrected chi connectivity index (χ0v) is 13.8. The van der Waals surface area contributed by atoms with Crippen molar-refractivity contribution in [3.05, 3.63) is 35.4 Å². The second-order valence-corrected chi connectivity index (χ2v) is 5.22. The molecule has 0 aliphatic carbocycles. The molecule has 0 bridgehead atoms. The molecule has 0 heterocycles. The van der Waals surface area contributed by atoms with Crippen LogP contribution in [0.4, 0.5) is 0 Å². The van der Waals surface area contributed by atoms with Crippen molar-refractivity contribution < 1.29 is 4.79 Å². The highest BCUT2D eigenvalue weighted by molar-refractivity contribution is 5.81. The Kier molecular flexibility index (Phi) is 7.40. The summed E-state index contributed by atoms with van der Waals surface area (Å²) in [7, 11) is 0. The first kappa shape index (κ1) is 17.7. The summed E-state index contributed by atoms with van der Waals surface area (Å²) in [5.74, 6) is 0.201. The number of nitrogens with two attached hydrogens (primary N) is 1. The molecule has 1 rings (SSSR count). The van der Waals surface area contributed by atoms with Gasteiger partial charge in [-0.2, -0.15) is 0 Å². The molecule has 1 unspecified atom stereocenters. The number of carbonyl (C=O) groups is 1. The van der Waals surface area contributed by atoms with Gasteiger partial charge < -0.3 is 10.6 Å². The summed E-state index contributed by atoms with van der Waals surface area (Å²) in [5, 5.41) is 0. The van der Waals surface area contributed by atoms with Crippen LogP contribution in [0.2, 0.25) is 0 Å². The lowest BCUT2D eigenvalue weighted by Crippen LogP contribution is -2.46. The standard InChI is InChI=1S/C17H29N3O/c1-5-19(6-2)17(21)14(4)20(7-3)13-16-11-9-8-10-15(16)12-18/h8-11,14H,5-7,12-13,18H2,1-4H3. The summed E-state index contributed by atoms with van der Waals surface area (Å²) < 4.78 is 0. The number of hydrogen-bond acceptors (Lipinski definition) is 3. The van der Waals surface area contributed by atoms with E-state index in [-0.39, 0.29) is 11.9 Å². The summed E-state index contributed by atoms with van der Waals surface area (Å²) in [6, 6.07) is 8.08. The molecule has 0 saturated carbocycles. The molecule has 0 saturated heterocycles. The summed E-state index contributed by atoms with van der Waals surface area (Å²) in [6.45, 7) is 11.8. The molecular formula is C17H29N3O. The van der Waals surface area contributed by atoms with Gasteiger partial charge in [0.15, 0.2) is 0 Å². The van der Waals surface area contributed by atoms with E-state index in [4.69, 9.17) is 5.73 Å². The molecule has 1 atom stereocenters. The normalized spacial score (nSPS) is 12.5. The van der Waals surface area contributed by atoms with Crippen LogP contribution in [0.1, 0.15) is 38.8 Å². The molecule has 1 amide bonds. The summed E-state index contributed by atoms with van der Waals surface area (Å²) in [5.41, 5.74) is 8.16. The van der Waals surface area contributed by atoms with Gasteiger partial charge in [0.1, 0.15) is 0 Å². The van der Waals surface area contributed by atoms with E-state index < -0.39 is 0 Å². The van der Waals surface area contributed by atoms with Crippen LogP contribution in [0.15, 0.2) is 24.3 Å². The third-order valence-electron chi connectivity index (χ3n) is 4.10. The van der Waals surface area contributed by atoms with Crippen molar-refractivity contribution in [2.45, 2.75) is 46.8 Å². The van der Waals surface area contributed by atoms with Crippen molar-refractivity contribution in [2.75, 3.05) is 19.6 Å². The summed E-state index contributed by atoms with van der Waals surface area (Å²) >= 11 is 0. The minimum atomic E-state index is -0.110. The first-order valence-electron chi connectivity index (χ1n) is 7.88. The molecule has 4 nitrogen and oxygen atoms in total. The van der Waals surface area contributed by atoms with Crippen molar-refractivity contribution in [3.63, 3.8) is 0 Å². The monoisotopic (exact) mass is 291 g/mol. The van der Waals surface area contributed by atoms with Crippen LogP contribution in [0.3, 0.4) is 0 Å². The number of rotatable bonds is 8. The van der Waals surface area contributed by atoms with Crippen molar-refractivity contribution in [1.82, 2.24) is 9.80 Å². The first-order valence-corrected chi connectivity index (χ1v) is 7.88. The van der Waals surface area contributed by atoms with Gasteiger partial charge in [0.25, 0.3) is 0 Å². The Balaban J connectivity index is 2.85. The second-order valence-electron chi connectivity index (χ2n) is 5.22. The summed E-state index contributed by atoms with van der Waals surface area (Å²) in [4.78, 5) is 16.6. The minimum absolute atomic E-state index is 0.110. The number of nitrogens with zero attached hydrogens (tertiary/aromatic N) is 2. The fraction of sp³-hybridized carbons (Fsp3) is 0.588. The predicted octanol–water partition coefficient (Wildman–Crippen LogP) is 2.22. The molecule has 0 aliphatic heterocycles. The SMILES string of the molecule is CCN(CC)C(=O)C(C)N(CC)Cc1ccccc1CN. The molecule has 0 radical (unpaired) electrons. The van der Waals surface area contributed by atoms with Crippen LogP contribution < -0.4 is 5.73 Å². The molecule has 1 aromatic carbocycles. The Morgan fingerprint density at radius 3 is 2.14 bits per heavy atom. The van der Waals surface area contributed by atoms with Gasteiger partial charge in [0.2, 0.25) is 5.91 Å². The maximum absolute atomic E-state index is 12.5. The van der Waals surface area contributed by atoms with E-state index in [2.05, 4.69) is 24.0 Å². The molecule has 118 valence electrons. The van der Waals surface area contributed by atoms with Gasteiger partial charge in [0, 0.05) is 26.2 Å². The third-order valence-corrected chi connectivity index (χ3v) is 4.10. The van der Waals surface area contributed by atoms with E-state index >= 15 is 0 Å². The lowest BCUT2D eigenvalue weighted by atomic mass is 10.1. The van der Waals surface area contributed by atoms with Gasteiger partial charge in [-0.25, -0.2) is 0 Å². The van der Waals surface area contributed by atoms with Gasteiger partial charge >= 0.3 is 0 Å². The number of amides is 1. The van der Waals surface area contributed by atoms with Crippen LogP contribution >= 0.6 is 0 Å². The average molecular weight is 291 g/mol. The minimum Gasteiger partial charge on any atom is -0.342 e. The molecule has 1 aromatic rings. The van der Waals surface area contributed by atoms with Crippen molar-refractivity contribution in [2.24, 2.45) is 5.73 Å². The number of benzene rings is 1. The Morgan fingerprint density at radius 1 is 1.10 bits per heavy atom. The van der Waals surface area contributed by atoms with Gasteiger partial charge in [-0.1, -0.05) is 31.2 Å². The van der Waals surface area contributed by atoms with Crippen molar-refractivity contribution in [1.29, 1.82) is 0 Å². The van der Waals surface area contributed by atoms with Gasteiger partial charge in [-0.15, -0.1) is 0 Å². The third kappa shape index (κ3) is 4.55. The molecule has 2 N–H and O–H groups in total. The molecule has 0 aliphatic rings. The average Bonchev–Trinajstić information content (AvgIpc) is 2.53. The smallest absolute Gasteiger partial charge is 0.239 e. The maximum Gasteiger partial charge on any atom is 0.239 e. The Hall–Kier alpha value is -1.39. The fourth-order valence-corrected chi connectivity index (χ4v) is 2.61. The topological polar surface area (TPSA) is 49.6 Å². The van der Waals surface area contributed by atoms with Crippen LogP contribution in [-0.2, 0) is 17.9 Å². The van der Waals surface area contributed by atoms with Crippen LogP contribution in [0, 0.1) is 0 Å². The van der Waals surface area contributed by atoms with Gasteiger partial charge in [-0.3, -0.25) is 9.69 Å². The van der Waals surface area contributed by atoms with Crippen LogP contribution in [-0.4, -0.2) is 41.4 Å². The first-order chi connectivity index (χ1) is 10.1. The predicted molar refractivity (Wildman–Crippen MR) is 87.8 cm³/mol. The lowest BCUT2D eigenvalue weighted by Gasteiger charge is -2.31. The molecule has 0 spiro atoms. The van der Waals surface area contributed by atoms with E-state index in [1.54, 1.807) is 0 Å². The molecular weight excluding hydrogens is 262 g/mol. The summed E-state index contributed by atoms with van der Waals surface area (Å²) in [6.07, 6.45) is 0. The van der Waals surface area contributed by atoms with E-state index in [1.165, 1.54) is 5.56 Å². The quantitative estimate of drug-likeness (QED) is 0.799. The Bertz CT molecular complexity index is 443. The largest absolute Gasteiger partial charge is 0.342 e. The molecule has 0 aromatic heterocycles. The number of hydrogen-bond donors (Lipinski definition) is 1. The van der Waals surface area contributed by atoms with E-state index in [9.17, 15) is 4.79 Å². The molecule has 4 heteroatoms. The van der Waals surface area contributed by atoms with Crippen LogP contribution in [0.25, 0.3) is 0 Å². The van der Waals surface area contributed by atoms with Gasteiger partial charge in [-0.05, 0) is 38.4 Å². The maximum atomic E-state index is 12.5. The van der Waals surface area contributed by atoms with E-state index in [0.29, 0.717) is 6.54 Å². The Morgan fingerprint density at radius 2 is 1.67 bits per heavy atom. The highest BCUT2D eigenvalue weighted by atomic mass is 16.2. The zero-order chi connectivity index (χ0) is 15.8. The van der Waals surface area contributed by atoms with Crippen LogP contribution in [0.5, 0.6) is 0 Å². The molecule has 0 fully saturated rings. The Labute approximate surface area is 128 Å².